The first-order chi connectivity index (χ1) is 3.68. The van der Waals surface area contributed by atoms with Gasteiger partial charge in [0.25, 0.3) is 5.91 Å². The summed E-state index contributed by atoms with van der Waals surface area (Å²) < 4.78 is 0. The van der Waals surface area contributed by atoms with Crippen LogP contribution < -0.4 is 5.73 Å². The van der Waals surface area contributed by atoms with Crippen molar-refractivity contribution in [2.75, 3.05) is 5.21 Å². The van der Waals surface area contributed by atoms with Crippen LogP contribution in [0.25, 0.3) is 0 Å². The van der Waals surface area contributed by atoms with Gasteiger partial charge in [0, 0.05) is 0 Å². The van der Waals surface area contributed by atoms with Crippen LogP contribution >= 0.6 is 23.4 Å². The van der Waals surface area contributed by atoms with Crippen LogP contribution in [0, 0.1) is 0 Å². The molecule has 0 aromatic carbocycles. The predicted molar refractivity (Wildman–Crippen MR) is 36.6 cm³/mol. The number of amides is 1. The Morgan fingerprint density at radius 2 is 2.38 bits per heavy atom. The van der Waals surface area contributed by atoms with Crippen molar-refractivity contribution in [3.8, 4) is 0 Å². The van der Waals surface area contributed by atoms with Gasteiger partial charge in [0.1, 0.15) is 0 Å². The fourth-order valence-electron chi connectivity index (χ4n) is 0.137. The minimum atomic E-state index is -0.504. The molecule has 0 saturated carbocycles. The van der Waals surface area contributed by atoms with E-state index in [0.717, 1.165) is 11.8 Å². The molecule has 0 unspecified atom stereocenters. The van der Waals surface area contributed by atoms with Gasteiger partial charge in [-0.3, -0.25) is 4.79 Å². The zero-order valence-electron chi connectivity index (χ0n) is 4.19. The van der Waals surface area contributed by atoms with Crippen LogP contribution in [0.3, 0.4) is 0 Å². The third-order valence-corrected chi connectivity index (χ3v) is 1.49. The van der Waals surface area contributed by atoms with Crippen molar-refractivity contribution in [3.05, 3.63) is 11.5 Å². The molecule has 46 valence electrons. The smallest absolute Gasteiger partial charge is 0.254 e. The van der Waals surface area contributed by atoms with Crippen LogP contribution in [-0.2, 0) is 4.79 Å². The molecule has 0 saturated heterocycles. The van der Waals surface area contributed by atoms with Crippen LogP contribution in [0.1, 0.15) is 0 Å². The van der Waals surface area contributed by atoms with Crippen LogP contribution in [0.2, 0.25) is 0 Å². The molecule has 1 amide bonds. The maximum atomic E-state index is 10.1. The van der Waals surface area contributed by atoms with E-state index in [1.54, 1.807) is 0 Å². The first-order valence-electron chi connectivity index (χ1n) is 1.86. The summed E-state index contributed by atoms with van der Waals surface area (Å²) in [6.07, 6.45) is 0. The SMILES string of the molecule is C=C(SCCl)C(N)=O. The lowest BCUT2D eigenvalue weighted by atomic mass is 10.6. The third-order valence-electron chi connectivity index (χ3n) is 0.504. The Morgan fingerprint density at radius 3 is 2.50 bits per heavy atom. The number of rotatable bonds is 3. The van der Waals surface area contributed by atoms with E-state index in [1.165, 1.54) is 0 Å². The van der Waals surface area contributed by atoms with E-state index in [2.05, 4.69) is 6.58 Å². The number of alkyl halides is 1. The largest absolute Gasteiger partial charge is 0.365 e. The second-order valence-electron chi connectivity index (χ2n) is 1.04. The second-order valence-corrected chi connectivity index (χ2v) is 2.70. The Balaban J connectivity index is 3.49. The van der Waals surface area contributed by atoms with E-state index in [1.807, 2.05) is 0 Å². The van der Waals surface area contributed by atoms with Gasteiger partial charge in [0.15, 0.2) is 0 Å². The first kappa shape index (κ1) is 7.85. The zero-order valence-corrected chi connectivity index (χ0v) is 5.76. The molecular weight excluding hydrogens is 146 g/mol. The van der Waals surface area contributed by atoms with Gasteiger partial charge in [-0.25, -0.2) is 0 Å². The summed E-state index contributed by atoms with van der Waals surface area (Å²) in [5.74, 6) is -0.504. The first-order valence-corrected chi connectivity index (χ1v) is 3.38. The Morgan fingerprint density at radius 1 is 1.88 bits per heavy atom. The highest BCUT2D eigenvalue weighted by atomic mass is 35.5. The van der Waals surface area contributed by atoms with Gasteiger partial charge >= 0.3 is 0 Å². The molecule has 0 aliphatic carbocycles. The average Bonchev–Trinajstić information content (AvgIpc) is 1.67. The second kappa shape index (κ2) is 3.80. The molecule has 0 heterocycles. The van der Waals surface area contributed by atoms with Gasteiger partial charge < -0.3 is 5.73 Å². The van der Waals surface area contributed by atoms with Crippen molar-refractivity contribution >= 4 is 29.3 Å². The number of thioether (sulfide) groups is 1. The molecule has 0 fully saturated rings. The van der Waals surface area contributed by atoms with Crippen molar-refractivity contribution in [3.63, 3.8) is 0 Å². The van der Waals surface area contributed by atoms with E-state index in [-0.39, 0.29) is 0 Å². The fraction of sp³-hybridized carbons (Fsp3) is 0.250. The molecule has 2 N–H and O–H groups in total. The van der Waals surface area contributed by atoms with Crippen molar-refractivity contribution in [2.45, 2.75) is 0 Å². The summed E-state index contributed by atoms with van der Waals surface area (Å²) in [6, 6.07) is 0. The molecule has 0 aliphatic heterocycles. The topological polar surface area (TPSA) is 43.1 Å². The Hall–Kier alpha value is -0.150. The Bertz CT molecular complexity index is 115. The lowest BCUT2D eigenvalue weighted by Gasteiger charge is -1.92. The monoisotopic (exact) mass is 151 g/mol. The molecule has 0 aliphatic rings. The lowest BCUT2D eigenvalue weighted by molar-refractivity contribution is -0.113. The van der Waals surface area contributed by atoms with Gasteiger partial charge in [0.05, 0.1) is 10.1 Å². The molecule has 0 rings (SSSR count). The number of hydrogen-bond acceptors (Lipinski definition) is 2. The van der Waals surface area contributed by atoms with Crippen LogP contribution in [0.5, 0.6) is 0 Å². The predicted octanol–water partition coefficient (Wildman–Crippen LogP) is 0.915. The van der Waals surface area contributed by atoms with Crippen molar-refractivity contribution < 1.29 is 4.79 Å². The standard InChI is InChI=1S/C4H6ClNOS/c1-3(4(6)7)8-2-5/h1-2H2,(H2,6,7). The summed E-state index contributed by atoms with van der Waals surface area (Å²) in [7, 11) is 0. The number of carbonyl (C=O) groups is 1. The molecule has 0 radical (unpaired) electrons. The number of primary amides is 1. The number of carbonyl (C=O) groups excluding carboxylic acids is 1. The number of hydrogen-bond donors (Lipinski definition) is 1. The molecule has 0 bridgehead atoms. The van der Waals surface area contributed by atoms with E-state index >= 15 is 0 Å². The maximum Gasteiger partial charge on any atom is 0.254 e. The molecule has 4 heteroatoms. The van der Waals surface area contributed by atoms with Crippen molar-refractivity contribution in [1.29, 1.82) is 0 Å². The summed E-state index contributed by atoms with van der Waals surface area (Å²) in [6.45, 7) is 3.35. The van der Waals surface area contributed by atoms with E-state index < -0.39 is 5.91 Å². The minimum absolute atomic E-state index is 0.306. The molecule has 0 aromatic rings. The summed E-state index contributed by atoms with van der Waals surface area (Å²) in [4.78, 5) is 10.4. The van der Waals surface area contributed by atoms with E-state index in [0.29, 0.717) is 10.1 Å². The third kappa shape index (κ3) is 2.93. The normalized spacial score (nSPS) is 8.62. The fourth-order valence-corrected chi connectivity index (χ4v) is 0.806. The van der Waals surface area contributed by atoms with E-state index in [9.17, 15) is 4.79 Å². The highest BCUT2D eigenvalue weighted by molar-refractivity contribution is 8.04. The minimum Gasteiger partial charge on any atom is -0.365 e. The van der Waals surface area contributed by atoms with Crippen LogP contribution in [0.15, 0.2) is 11.5 Å². The summed E-state index contributed by atoms with van der Waals surface area (Å²) in [5.41, 5.74) is 4.80. The molecule has 2 nitrogen and oxygen atoms in total. The zero-order chi connectivity index (χ0) is 6.57. The van der Waals surface area contributed by atoms with Crippen LogP contribution in [0.4, 0.5) is 0 Å². The maximum absolute atomic E-state index is 10.1. The molecule has 0 aromatic heterocycles. The highest BCUT2D eigenvalue weighted by Crippen LogP contribution is 2.12. The quantitative estimate of drug-likeness (QED) is 0.482. The lowest BCUT2D eigenvalue weighted by Crippen LogP contribution is -2.10. The summed E-state index contributed by atoms with van der Waals surface area (Å²) in [5, 5.41) is 0.321. The molecule has 8 heavy (non-hydrogen) atoms. The van der Waals surface area contributed by atoms with Crippen molar-refractivity contribution in [2.24, 2.45) is 5.73 Å². The van der Waals surface area contributed by atoms with E-state index in [4.69, 9.17) is 17.3 Å². The van der Waals surface area contributed by atoms with Gasteiger partial charge in [-0.1, -0.05) is 6.58 Å². The van der Waals surface area contributed by atoms with Gasteiger partial charge in [-0.05, 0) is 0 Å². The molecule has 0 spiro atoms. The van der Waals surface area contributed by atoms with Crippen LogP contribution in [-0.4, -0.2) is 11.1 Å². The van der Waals surface area contributed by atoms with Gasteiger partial charge in [0.2, 0.25) is 0 Å². The Labute approximate surface area is 57.1 Å². The molecular formula is C4H6ClNOS. The van der Waals surface area contributed by atoms with Crippen molar-refractivity contribution in [1.82, 2.24) is 0 Å². The molecule has 0 atom stereocenters. The Kier molecular flexibility index (Phi) is 3.73. The average molecular weight is 152 g/mol. The van der Waals surface area contributed by atoms with Gasteiger partial charge in [-0.2, -0.15) is 0 Å². The highest BCUT2D eigenvalue weighted by Gasteiger charge is 1.98. The van der Waals surface area contributed by atoms with Gasteiger partial charge in [-0.15, -0.1) is 23.4 Å². The number of halogens is 1. The number of nitrogens with two attached hydrogens (primary N) is 1. The summed E-state index contributed by atoms with van der Waals surface area (Å²) >= 11 is 6.37.